The summed E-state index contributed by atoms with van der Waals surface area (Å²) in [6.45, 7) is 0. The predicted octanol–water partition coefficient (Wildman–Crippen LogP) is 1.13. The van der Waals surface area contributed by atoms with Crippen molar-refractivity contribution >= 4 is 0 Å². The maximum Gasteiger partial charge on any atom is 0.204 e. The fourth-order valence-corrected chi connectivity index (χ4v) is 2.00. The minimum absolute atomic E-state index is 0.434. The zero-order valence-corrected chi connectivity index (χ0v) is 9.25. The number of rotatable bonds is 3. The maximum absolute atomic E-state index is 9.23. The zero-order valence-electron chi connectivity index (χ0n) is 9.25. The van der Waals surface area contributed by atoms with E-state index in [1.165, 1.54) is 0 Å². The van der Waals surface area contributed by atoms with E-state index in [2.05, 4.69) is 0 Å². The summed E-state index contributed by atoms with van der Waals surface area (Å²) in [5, 5.41) is 54.6. The second-order valence-corrected chi connectivity index (χ2v) is 4.03. The molecule has 84 valence electrons. The summed E-state index contributed by atoms with van der Waals surface area (Å²) in [5.41, 5.74) is -4.16. The van der Waals surface area contributed by atoms with Gasteiger partial charge in [-0.15, -0.1) is 0 Å². The molecule has 0 N–H and O–H groups in total. The van der Waals surface area contributed by atoms with Gasteiger partial charge in [0.1, 0.15) is 0 Å². The molecule has 0 aromatic rings. The highest BCUT2D eigenvalue weighted by molar-refractivity contribution is 5.42. The van der Waals surface area contributed by atoms with Gasteiger partial charge in [0.15, 0.2) is 11.3 Å². The fourth-order valence-electron chi connectivity index (χ4n) is 2.00. The van der Waals surface area contributed by atoms with Crippen molar-refractivity contribution in [3.8, 4) is 36.4 Å². The molecule has 0 unspecified atom stereocenters. The van der Waals surface area contributed by atoms with Crippen molar-refractivity contribution in [2.45, 2.75) is 12.8 Å². The molecule has 0 aromatic heterocycles. The molecule has 0 bridgehead atoms. The van der Waals surface area contributed by atoms with Gasteiger partial charge in [0.25, 0.3) is 0 Å². The van der Waals surface area contributed by atoms with Crippen LogP contribution in [-0.2, 0) is 0 Å². The van der Waals surface area contributed by atoms with Crippen molar-refractivity contribution in [2.75, 3.05) is 0 Å². The molecule has 1 rings (SSSR count). The van der Waals surface area contributed by atoms with Gasteiger partial charge in [-0.05, 0) is 18.8 Å². The Morgan fingerprint density at radius 1 is 0.778 bits per heavy atom. The van der Waals surface area contributed by atoms with Crippen LogP contribution in [0.1, 0.15) is 12.8 Å². The van der Waals surface area contributed by atoms with Crippen molar-refractivity contribution in [3.05, 3.63) is 0 Å². The molecule has 0 atom stereocenters. The summed E-state index contributed by atoms with van der Waals surface area (Å²) < 4.78 is 0. The van der Waals surface area contributed by atoms with Gasteiger partial charge in [-0.25, -0.2) is 0 Å². The third-order valence-electron chi connectivity index (χ3n) is 3.21. The quantitative estimate of drug-likeness (QED) is 0.715. The van der Waals surface area contributed by atoms with E-state index in [0.717, 1.165) is 0 Å². The van der Waals surface area contributed by atoms with E-state index in [1.807, 2.05) is 0 Å². The normalized spacial score (nSPS) is 14.2. The largest absolute Gasteiger partial charge is 0.204 e. The molecule has 0 aliphatic heterocycles. The molecule has 18 heavy (non-hydrogen) atoms. The summed E-state index contributed by atoms with van der Waals surface area (Å²) >= 11 is 0. The standard InChI is InChI=1S/C12H6N6/c13-3-10(4-14)12(7-17,8-18)11(5-15,6-16)9-1-2-9/h9-10H,1-2H2. The minimum atomic E-state index is -2.23. The van der Waals surface area contributed by atoms with Gasteiger partial charge in [0, 0.05) is 0 Å². The van der Waals surface area contributed by atoms with Crippen molar-refractivity contribution in [3.63, 3.8) is 0 Å². The maximum atomic E-state index is 9.23. The molecule has 0 spiro atoms. The zero-order chi connectivity index (χ0) is 13.8. The summed E-state index contributed by atoms with van der Waals surface area (Å²) in [6, 6.07) is 9.67. The Balaban J connectivity index is 3.59. The van der Waals surface area contributed by atoms with Crippen LogP contribution in [0, 0.1) is 90.7 Å². The SMILES string of the molecule is N#CC(C#N)C(C#N)(C#N)C(C#N)(C#N)C1CC1. The van der Waals surface area contributed by atoms with Crippen molar-refractivity contribution in [2.24, 2.45) is 22.7 Å². The Kier molecular flexibility index (Phi) is 3.21. The lowest BCUT2D eigenvalue weighted by Gasteiger charge is -2.31. The average Bonchev–Trinajstić information content (AvgIpc) is 3.24. The van der Waals surface area contributed by atoms with Crippen molar-refractivity contribution in [1.82, 2.24) is 0 Å². The average molecular weight is 234 g/mol. The van der Waals surface area contributed by atoms with Gasteiger partial charge >= 0.3 is 0 Å². The van der Waals surface area contributed by atoms with Crippen LogP contribution in [0.15, 0.2) is 0 Å². The Bertz CT molecular complexity index is 560. The molecular formula is C12H6N6. The third kappa shape index (κ3) is 1.35. The lowest BCUT2D eigenvalue weighted by Crippen LogP contribution is -2.45. The van der Waals surface area contributed by atoms with Crippen LogP contribution in [0.25, 0.3) is 0 Å². The summed E-state index contributed by atoms with van der Waals surface area (Å²) in [5.74, 6) is -2.07. The van der Waals surface area contributed by atoms with E-state index in [1.54, 1.807) is 36.4 Å². The van der Waals surface area contributed by atoms with Crippen LogP contribution in [0.5, 0.6) is 0 Å². The molecule has 1 fully saturated rings. The predicted molar refractivity (Wildman–Crippen MR) is 54.8 cm³/mol. The Hall–Kier alpha value is -3.06. The van der Waals surface area contributed by atoms with Crippen LogP contribution < -0.4 is 0 Å². The number of nitrogens with zero attached hydrogens (tertiary/aromatic N) is 6. The first-order valence-electron chi connectivity index (χ1n) is 5.06. The second kappa shape index (κ2) is 4.44. The molecule has 0 saturated heterocycles. The smallest absolute Gasteiger partial charge is 0.197 e. The van der Waals surface area contributed by atoms with Crippen LogP contribution >= 0.6 is 0 Å². The second-order valence-electron chi connectivity index (χ2n) is 4.03. The fraction of sp³-hybridized carbons (Fsp3) is 0.500. The molecular weight excluding hydrogens is 228 g/mol. The Labute approximate surface area is 104 Å². The third-order valence-corrected chi connectivity index (χ3v) is 3.21. The molecule has 6 nitrogen and oxygen atoms in total. The summed E-state index contributed by atoms with van der Waals surface area (Å²) in [6.07, 6.45) is 1.08. The Morgan fingerprint density at radius 3 is 1.44 bits per heavy atom. The van der Waals surface area contributed by atoms with Crippen LogP contribution in [-0.4, -0.2) is 0 Å². The van der Waals surface area contributed by atoms with E-state index in [4.69, 9.17) is 10.5 Å². The molecule has 1 aliphatic rings. The monoisotopic (exact) mass is 234 g/mol. The van der Waals surface area contributed by atoms with Gasteiger partial charge < -0.3 is 0 Å². The first kappa shape index (κ1) is 13.0. The van der Waals surface area contributed by atoms with Crippen molar-refractivity contribution < 1.29 is 0 Å². The van der Waals surface area contributed by atoms with E-state index in [0.29, 0.717) is 12.8 Å². The number of hydrogen-bond acceptors (Lipinski definition) is 6. The highest BCUT2D eigenvalue weighted by atomic mass is 14.6. The van der Waals surface area contributed by atoms with E-state index >= 15 is 0 Å². The van der Waals surface area contributed by atoms with Gasteiger partial charge in [-0.1, -0.05) is 0 Å². The molecule has 1 saturated carbocycles. The topological polar surface area (TPSA) is 143 Å². The van der Waals surface area contributed by atoms with Crippen LogP contribution in [0.3, 0.4) is 0 Å². The van der Waals surface area contributed by atoms with Crippen molar-refractivity contribution in [1.29, 1.82) is 31.6 Å². The van der Waals surface area contributed by atoms with E-state index in [-0.39, 0.29) is 0 Å². The first-order valence-corrected chi connectivity index (χ1v) is 5.06. The highest BCUT2D eigenvalue weighted by Gasteiger charge is 2.66. The molecule has 0 aromatic carbocycles. The molecule has 6 heteroatoms. The van der Waals surface area contributed by atoms with Gasteiger partial charge in [0.2, 0.25) is 5.41 Å². The summed E-state index contributed by atoms with van der Waals surface area (Å²) in [7, 11) is 0. The lowest BCUT2D eigenvalue weighted by molar-refractivity contribution is 0.230. The number of nitriles is 6. The molecule has 0 radical (unpaired) electrons. The molecule has 1 aliphatic carbocycles. The van der Waals surface area contributed by atoms with Crippen LogP contribution in [0.4, 0.5) is 0 Å². The van der Waals surface area contributed by atoms with Gasteiger partial charge in [-0.2, -0.15) is 31.6 Å². The van der Waals surface area contributed by atoms with Gasteiger partial charge in [0.05, 0.1) is 36.4 Å². The minimum Gasteiger partial charge on any atom is -0.197 e. The molecule has 0 heterocycles. The lowest BCUT2D eigenvalue weighted by atomic mass is 9.58. The Morgan fingerprint density at radius 2 is 1.22 bits per heavy atom. The summed E-state index contributed by atoms with van der Waals surface area (Å²) in [4.78, 5) is 0. The first-order chi connectivity index (χ1) is 8.62. The molecule has 0 amide bonds. The number of hydrogen-bond donors (Lipinski definition) is 0. The highest BCUT2D eigenvalue weighted by Crippen LogP contribution is 2.57. The van der Waals surface area contributed by atoms with E-state index < -0.39 is 22.7 Å². The van der Waals surface area contributed by atoms with Crippen LogP contribution in [0.2, 0.25) is 0 Å². The van der Waals surface area contributed by atoms with Gasteiger partial charge in [-0.3, -0.25) is 0 Å². The van der Waals surface area contributed by atoms with E-state index in [9.17, 15) is 21.0 Å².